The number of hydrogen-bond donors (Lipinski definition) is 0. The van der Waals surface area contributed by atoms with Gasteiger partial charge in [-0.05, 0) is 54.3 Å². The first-order chi connectivity index (χ1) is 11.3. The maximum atomic E-state index is 6.26. The van der Waals surface area contributed by atoms with E-state index in [0.29, 0.717) is 5.92 Å². The highest BCUT2D eigenvalue weighted by Crippen LogP contribution is 2.44. The van der Waals surface area contributed by atoms with Crippen molar-refractivity contribution in [2.75, 3.05) is 24.6 Å². The molecule has 2 fully saturated rings. The highest BCUT2D eigenvalue weighted by Gasteiger charge is 2.42. The summed E-state index contributed by atoms with van der Waals surface area (Å²) < 4.78 is 11.7. The second kappa shape index (κ2) is 5.31. The molecule has 5 nitrogen and oxygen atoms in total. The van der Waals surface area contributed by atoms with E-state index in [9.17, 15) is 0 Å². The quantitative estimate of drug-likeness (QED) is 0.843. The van der Waals surface area contributed by atoms with Crippen LogP contribution in [0.3, 0.4) is 0 Å². The second-order valence-corrected chi connectivity index (χ2v) is 7.83. The fraction of sp³-hybridized carbons (Fsp3) is 0.647. The number of piperidine rings is 1. The first-order valence-corrected chi connectivity index (χ1v) is 9.51. The van der Waals surface area contributed by atoms with Crippen LogP contribution in [-0.4, -0.2) is 29.8 Å². The Morgan fingerprint density at radius 2 is 2.13 bits per heavy atom. The highest BCUT2D eigenvalue weighted by molar-refractivity contribution is 7.10. The summed E-state index contributed by atoms with van der Waals surface area (Å²) in [5.74, 6) is 2.10. The minimum Gasteiger partial charge on any atom is -0.369 e. The third kappa shape index (κ3) is 2.22. The lowest BCUT2D eigenvalue weighted by atomic mass is 9.85. The number of thiophene rings is 1. The van der Waals surface area contributed by atoms with Crippen molar-refractivity contribution in [1.82, 2.24) is 10.1 Å². The fourth-order valence-electron chi connectivity index (χ4n) is 3.97. The number of fused-ring (bicyclic) bond motifs is 2. The van der Waals surface area contributed by atoms with E-state index in [-0.39, 0.29) is 5.60 Å². The van der Waals surface area contributed by atoms with E-state index < -0.39 is 0 Å². The maximum Gasteiger partial charge on any atom is 0.266 e. The van der Waals surface area contributed by atoms with Gasteiger partial charge < -0.3 is 14.2 Å². The van der Waals surface area contributed by atoms with Crippen LogP contribution in [0.2, 0.25) is 0 Å². The predicted molar refractivity (Wildman–Crippen MR) is 88.0 cm³/mol. The zero-order valence-electron chi connectivity index (χ0n) is 13.2. The molecule has 1 aliphatic carbocycles. The number of hydrogen-bond acceptors (Lipinski definition) is 6. The molecule has 23 heavy (non-hydrogen) atoms. The third-order valence-corrected chi connectivity index (χ3v) is 6.79. The Hall–Kier alpha value is -1.40. The molecule has 0 atom stereocenters. The number of rotatable bonds is 2. The van der Waals surface area contributed by atoms with Crippen LogP contribution >= 0.6 is 11.3 Å². The summed E-state index contributed by atoms with van der Waals surface area (Å²) in [5.41, 5.74) is 1.42. The van der Waals surface area contributed by atoms with Crippen LogP contribution in [0, 0.1) is 0 Å². The molecule has 0 amide bonds. The van der Waals surface area contributed by atoms with Crippen molar-refractivity contribution in [3.8, 4) is 0 Å². The summed E-state index contributed by atoms with van der Waals surface area (Å²) in [7, 11) is 0. The molecule has 1 saturated heterocycles. The van der Waals surface area contributed by atoms with Crippen molar-refractivity contribution in [1.29, 1.82) is 0 Å². The van der Waals surface area contributed by atoms with Crippen LogP contribution in [0.4, 0.5) is 5.95 Å². The normalized spacial score (nSPS) is 23.7. The molecule has 4 heterocycles. The predicted octanol–water partition coefficient (Wildman–Crippen LogP) is 3.47. The Bertz CT molecular complexity index is 698. The molecule has 0 radical (unpaired) electrons. The van der Waals surface area contributed by atoms with Crippen LogP contribution in [-0.2, 0) is 16.8 Å². The molecule has 3 aliphatic rings. The topological polar surface area (TPSA) is 51.4 Å². The zero-order chi connectivity index (χ0) is 15.3. The van der Waals surface area contributed by atoms with Gasteiger partial charge in [-0.1, -0.05) is 6.42 Å². The molecular formula is C17H21N3O2S. The van der Waals surface area contributed by atoms with Crippen LogP contribution in [0.1, 0.15) is 54.4 Å². The molecule has 6 heteroatoms. The molecule has 2 aromatic heterocycles. The Morgan fingerprint density at radius 1 is 1.26 bits per heavy atom. The summed E-state index contributed by atoms with van der Waals surface area (Å²) in [4.78, 5) is 8.34. The van der Waals surface area contributed by atoms with E-state index in [2.05, 4.69) is 26.5 Å². The highest BCUT2D eigenvalue weighted by atomic mass is 32.1. The summed E-state index contributed by atoms with van der Waals surface area (Å²) in [6.07, 6.45) is 6.75. The average Bonchev–Trinajstić information content (AvgIpc) is 3.17. The summed E-state index contributed by atoms with van der Waals surface area (Å²) in [5, 5.41) is 6.42. The van der Waals surface area contributed by atoms with Crippen LogP contribution in [0.15, 0.2) is 16.0 Å². The van der Waals surface area contributed by atoms with Crippen LogP contribution in [0.5, 0.6) is 0 Å². The van der Waals surface area contributed by atoms with Crippen molar-refractivity contribution in [3.05, 3.63) is 27.8 Å². The van der Waals surface area contributed by atoms with Gasteiger partial charge in [0.15, 0.2) is 0 Å². The van der Waals surface area contributed by atoms with Gasteiger partial charge in [-0.25, -0.2) is 0 Å². The van der Waals surface area contributed by atoms with E-state index in [4.69, 9.17) is 9.26 Å². The lowest BCUT2D eigenvalue weighted by Crippen LogP contribution is -2.46. The Morgan fingerprint density at radius 3 is 2.91 bits per heavy atom. The van der Waals surface area contributed by atoms with Crippen molar-refractivity contribution >= 4 is 17.3 Å². The van der Waals surface area contributed by atoms with Crippen molar-refractivity contribution in [2.45, 2.75) is 50.0 Å². The number of nitrogens with zero attached hydrogens (tertiary/aromatic N) is 3. The molecule has 1 spiro atoms. The molecule has 1 saturated carbocycles. The lowest BCUT2D eigenvalue weighted by molar-refractivity contribution is -0.0736. The van der Waals surface area contributed by atoms with Gasteiger partial charge in [0.05, 0.1) is 6.61 Å². The number of anilines is 1. The fourth-order valence-corrected chi connectivity index (χ4v) is 5.14. The van der Waals surface area contributed by atoms with E-state index in [1.54, 1.807) is 0 Å². The SMILES string of the molecule is c1cc2c(s1)C1(CCN(c3noc(C4CCC4)n3)CC1)OCC2. The molecule has 0 bridgehead atoms. The number of aromatic nitrogens is 2. The summed E-state index contributed by atoms with van der Waals surface area (Å²) in [6.45, 7) is 2.71. The Balaban J connectivity index is 1.32. The monoisotopic (exact) mass is 331 g/mol. The lowest BCUT2D eigenvalue weighted by Gasteiger charge is -2.43. The molecule has 122 valence electrons. The van der Waals surface area contributed by atoms with Gasteiger partial charge in [0.2, 0.25) is 5.89 Å². The molecule has 0 unspecified atom stereocenters. The van der Waals surface area contributed by atoms with Gasteiger partial charge in [-0.3, -0.25) is 0 Å². The van der Waals surface area contributed by atoms with E-state index in [0.717, 1.165) is 50.8 Å². The second-order valence-electron chi connectivity index (χ2n) is 6.92. The first kappa shape index (κ1) is 14.0. The van der Waals surface area contributed by atoms with Crippen molar-refractivity contribution < 1.29 is 9.26 Å². The molecule has 5 rings (SSSR count). The zero-order valence-corrected chi connectivity index (χ0v) is 14.0. The summed E-state index contributed by atoms with van der Waals surface area (Å²) in [6, 6.07) is 2.26. The van der Waals surface area contributed by atoms with Gasteiger partial charge in [0, 0.05) is 23.9 Å². The minimum atomic E-state index is -0.0706. The summed E-state index contributed by atoms with van der Waals surface area (Å²) >= 11 is 1.85. The minimum absolute atomic E-state index is 0.0706. The van der Waals surface area contributed by atoms with E-state index in [1.165, 1.54) is 29.7 Å². The van der Waals surface area contributed by atoms with Crippen LogP contribution < -0.4 is 4.90 Å². The van der Waals surface area contributed by atoms with Crippen molar-refractivity contribution in [3.63, 3.8) is 0 Å². The first-order valence-electron chi connectivity index (χ1n) is 8.63. The van der Waals surface area contributed by atoms with E-state index >= 15 is 0 Å². The van der Waals surface area contributed by atoms with Crippen LogP contribution in [0.25, 0.3) is 0 Å². The molecule has 2 aliphatic heterocycles. The molecular weight excluding hydrogens is 310 g/mol. The average molecular weight is 331 g/mol. The van der Waals surface area contributed by atoms with Crippen molar-refractivity contribution in [2.24, 2.45) is 0 Å². The standard InChI is InChI=1S/C17H21N3O2S/c1-2-13(3-1)15-18-16(19-22-15)20-8-6-17(7-9-20)14-12(4-10-21-17)5-11-23-14/h5,11,13H,1-4,6-10H2. The molecule has 0 aromatic carbocycles. The Labute approximate surface area is 139 Å². The van der Waals surface area contributed by atoms with Gasteiger partial charge in [0.25, 0.3) is 5.95 Å². The molecule has 0 N–H and O–H groups in total. The van der Waals surface area contributed by atoms with E-state index in [1.807, 2.05) is 11.3 Å². The smallest absolute Gasteiger partial charge is 0.266 e. The maximum absolute atomic E-state index is 6.26. The number of ether oxygens (including phenoxy) is 1. The molecule has 2 aromatic rings. The Kier molecular flexibility index (Phi) is 3.23. The largest absolute Gasteiger partial charge is 0.369 e. The van der Waals surface area contributed by atoms with Gasteiger partial charge in [-0.15, -0.1) is 11.3 Å². The third-order valence-electron chi connectivity index (χ3n) is 5.65. The van der Waals surface area contributed by atoms with Gasteiger partial charge in [-0.2, -0.15) is 4.98 Å². The van der Waals surface area contributed by atoms with Gasteiger partial charge in [0.1, 0.15) is 5.60 Å². The van der Waals surface area contributed by atoms with Gasteiger partial charge >= 0.3 is 0 Å².